The van der Waals surface area contributed by atoms with Crippen LogP contribution in [0.5, 0.6) is 0 Å². The van der Waals surface area contributed by atoms with E-state index in [9.17, 15) is 0 Å². The van der Waals surface area contributed by atoms with Gasteiger partial charge in [-0.1, -0.05) is 0 Å². The van der Waals surface area contributed by atoms with E-state index < -0.39 is 6.10 Å². The van der Waals surface area contributed by atoms with Crippen LogP contribution in [0.15, 0.2) is 16.7 Å². The molecule has 1 radical (unpaired) electrons. The summed E-state index contributed by atoms with van der Waals surface area (Å²) >= 11 is 0. The number of aliphatic hydroxyl groups is 1. The highest BCUT2D eigenvalue weighted by Crippen LogP contribution is 2.09. The van der Waals surface area contributed by atoms with Crippen molar-refractivity contribution < 1.29 is 9.52 Å². The van der Waals surface area contributed by atoms with Crippen LogP contribution in [0.1, 0.15) is 18.6 Å². The second-order valence-corrected chi connectivity index (χ2v) is 1.65. The highest BCUT2D eigenvalue weighted by molar-refractivity contribution is 5.05. The minimum Gasteiger partial charge on any atom is -0.461 e. The first-order chi connectivity index (χ1) is 3.80. The maximum atomic E-state index is 8.82. The second-order valence-electron chi connectivity index (χ2n) is 1.65. The van der Waals surface area contributed by atoms with Crippen molar-refractivity contribution in [2.45, 2.75) is 13.0 Å². The van der Waals surface area contributed by atoms with Crippen LogP contribution in [0.25, 0.3) is 0 Å². The Kier molecular flexibility index (Phi) is 1.35. The fraction of sp³-hybridized carbons (Fsp3) is 0.333. The Bertz CT molecular complexity index is 142. The molecule has 1 heterocycles. The molecule has 2 nitrogen and oxygen atoms in total. The Hall–Kier alpha value is -0.760. The normalized spacial score (nSPS) is 13.8. The van der Waals surface area contributed by atoms with E-state index in [1.165, 1.54) is 6.26 Å². The molecule has 1 aromatic rings. The molecule has 0 saturated carbocycles. The van der Waals surface area contributed by atoms with Crippen LogP contribution in [-0.4, -0.2) is 5.11 Å². The van der Waals surface area contributed by atoms with Gasteiger partial charge in [-0.05, 0) is 13.0 Å². The van der Waals surface area contributed by atoms with Crippen molar-refractivity contribution in [3.8, 4) is 0 Å². The molecule has 1 rings (SSSR count). The third kappa shape index (κ3) is 0.898. The molecule has 0 amide bonds. The molecule has 0 saturated heterocycles. The fourth-order valence-corrected chi connectivity index (χ4v) is 0.468. The molecule has 1 aromatic heterocycles. The summed E-state index contributed by atoms with van der Waals surface area (Å²) in [6.07, 6.45) is 3.54. The van der Waals surface area contributed by atoms with E-state index in [2.05, 4.69) is 10.7 Å². The van der Waals surface area contributed by atoms with E-state index in [0.717, 1.165) is 0 Å². The Balaban J connectivity index is 2.77. The van der Waals surface area contributed by atoms with Crippen molar-refractivity contribution in [1.82, 2.24) is 0 Å². The summed E-state index contributed by atoms with van der Waals surface area (Å²) in [5.41, 5.74) is 0.699. The SMILES string of the molecule is CC(O)c1[c]occ1. The lowest BCUT2D eigenvalue weighted by molar-refractivity contribution is 0.198. The molecule has 0 aliphatic heterocycles. The summed E-state index contributed by atoms with van der Waals surface area (Å²) in [5, 5.41) is 8.82. The van der Waals surface area contributed by atoms with Crippen molar-refractivity contribution in [1.29, 1.82) is 0 Å². The smallest absolute Gasteiger partial charge is 0.175 e. The first-order valence-corrected chi connectivity index (χ1v) is 2.44. The number of rotatable bonds is 1. The van der Waals surface area contributed by atoms with Crippen molar-refractivity contribution in [2.24, 2.45) is 0 Å². The molecule has 0 aromatic carbocycles. The van der Waals surface area contributed by atoms with Crippen LogP contribution in [0.4, 0.5) is 0 Å². The van der Waals surface area contributed by atoms with Crippen molar-refractivity contribution in [3.63, 3.8) is 0 Å². The molecule has 0 fully saturated rings. The molecule has 43 valence electrons. The zero-order chi connectivity index (χ0) is 5.98. The average Bonchev–Trinajstić information content (AvgIpc) is 2.12. The topological polar surface area (TPSA) is 33.4 Å². The third-order valence-electron chi connectivity index (χ3n) is 0.943. The Labute approximate surface area is 47.7 Å². The van der Waals surface area contributed by atoms with Crippen LogP contribution in [0.3, 0.4) is 0 Å². The molecular formula is C6H7O2. The van der Waals surface area contributed by atoms with E-state index in [0.29, 0.717) is 5.56 Å². The predicted octanol–water partition coefficient (Wildman–Crippen LogP) is 1.13. The van der Waals surface area contributed by atoms with Crippen molar-refractivity contribution in [2.75, 3.05) is 0 Å². The van der Waals surface area contributed by atoms with Gasteiger partial charge in [0.15, 0.2) is 6.26 Å². The Morgan fingerprint density at radius 3 is 2.88 bits per heavy atom. The van der Waals surface area contributed by atoms with E-state index in [4.69, 9.17) is 5.11 Å². The highest BCUT2D eigenvalue weighted by Gasteiger charge is 1.99. The summed E-state index contributed by atoms with van der Waals surface area (Å²) in [6, 6.07) is 1.69. The summed E-state index contributed by atoms with van der Waals surface area (Å²) in [4.78, 5) is 0. The molecule has 0 aliphatic carbocycles. The molecule has 8 heavy (non-hydrogen) atoms. The van der Waals surface area contributed by atoms with Gasteiger partial charge in [0.1, 0.15) is 0 Å². The first-order valence-electron chi connectivity index (χ1n) is 2.44. The first kappa shape index (κ1) is 5.38. The Morgan fingerprint density at radius 2 is 2.62 bits per heavy atom. The maximum Gasteiger partial charge on any atom is 0.175 e. The van der Waals surface area contributed by atoms with E-state index >= 15 is 0 Å². The van der Waals surface area contributed by atoms with Crippen LogP contribution < -0.4 is 0 Å². The predicted molar refractivity (Wildman–Crippen MR) is 28.2 cm³/mol. The molecule has 0 aliphatic rings. The number of hydrogen-bond acceptors (Lipinski definition) is 2. The molecule has 0 bridgehead atoms. The molecule has 1 unspecified atom stereocenters. The van der Waals surface area contributed by atoms with Crippen molar-refractivity contribution in [3.05, 3.63) is 24.2 Å². The lowest BCUT2D eigenvalue weighted by atomic mass is 10.2. The summed E-state index contributed by atoms with van der Waals surface area (Å²) in [6.45, 7) is 1.67. The minimum atomic E-state index is -0.464. The number of aliphatic hydroxyl groups excluding tert-OH is 1. The van der Waals surface area contributed by atoms with Gasteiger partial charge in [0.05, 0.1) is 12.4 Å². The van der Waals surface area contributed by atoms with Gasteiger partial charge in [-0.2, -0.15) is 0 Å². The largest absolute Gasteiger partial charge is 0.461 e. The van der Waals surface area contributed by atoms with E-state index in [1.54, 1.807) is 13.0 Å². The zero-order valence-electron chi connectivity index (χ0n) is 4.59. The summed E-state index contributed by atoms with van der Waals surface area (Å²) < 4.78 is 4.59. The fourth-order valence-electron chi connectivity index (χ4n) is 0.468. The lowest BCUT2D eigenvalue weighted by Crippen LogP contribution is -1.85. The highest BCUT2D eigenvalue weighted by atomic mass is 16.3. The molecule has 1 N–H and O–H groups in total. The van der Waals surface area contributed by atoms with Crippen LogP contribution in [0, 0.1) is 6.26 Å². The summed E-state index contributed by atoms with van der Waals surface area (Å²) in [7, 11) is 0. The van der Waals surface area contributed by atoms with E-state index in [1.807, 2.05) is 0 Å². The molecular weight excluding hydrogens is 104 g/mol. The van der Waals surface area contributed by atoms with Gasteiger partial charge >= 0.3 is 0 Å². The lowest BCUT2D eigenvalue weighted by Gasteiger charge is -1.93. The number of hydrogen-bond donors (Lipinski definition) is 1. The van der Waals surface area contributed by atoms with Gasteiger partial charge in [0.25, 0.3) is 0 Å². The van der Waals surface area contributed by atoms with Crippen LogP contribution >= 0.6 is 0 Å². The van der Waals surface area contributed by atoms with Gasteiger partial charge in [0.2, 0.25) is 0 Å². The second kappa shape index (κ2) is 2.01. The van der Waals surface area contributed by atoms with Gasteiger partial charge < -0.3 is 9.52 Å². The minimum absolute atomic E-state index is 0.464. The maximum absolute atomic E-state index is 8.82. The Morgan fingerprint density at radius 1 is 1.88 bits per heavy atom. The third-order valence-corrected chi connectivity index (χ3v) is 0.943. The standard InChI is InChI=1S/C6H7O2/c1-5(7)6-2-3-8-4-6/h2-3,5,7H,1H3. The average molecular weight is 111 g/mol. The van der Waals surface area contributed by atoms with Crippen LogP contribution in [0.2, 0.25) is 0 Å². The van der Waals surface area contributed by atoms with Crippen LogP contribution in [-0.2, 0) is 0 Å². The van der Waals surface area contributed by atoms with Gasteiger partial charge in [0, 0.05) is 5.56 Å². The summed E-state index contributed by atoms with van der Waals surface area (Å²) in [5.74, 6) is 0. The van der Waals surface area contributed by atoms with Gasteiger partial charge in [-0.15, -0.1) is 0 Å². The number of furan rings is 1. The van der Waals surface area contributed by atoms with Gasteiger partial charge in [-0.3, -0.25) is 0 Å². The zero-order valence-corrected chi connectivity index (χ0v) is 4.59. The van der Waals surface area contributed by atoms with Crippen molar-refractivity contribution >= 4 is 0 Å². The molecule has 0 spiro atoms. The molecule has 2 heteroatoms. The molecule has 1 atom stereocenters. The van der Waals surface area contributed by atoms with E-state index in [-0.39, 0.29) is 0 Å². The quantitative estimate of drug-likeness (QED) is 0.589. The van der Waals surface area contributed by atoms with Gasteiger partial charge in [-0.25, -0.2) is 0 Å². The monoisotopic (exact) mass is 111 g/mol.